The summed E-state index contributed by atoms with van der Waals surface area (Å²) >= 11 is 0. The summed E-state index contributed by atoms with van der Waals surface area (Å²) < 4.78 is 0. The predicted octanol–water partition coefficient (Wildman–Crippen LogP) is -3.52. The first-order valence-electron chi connectivity index (χ1n) is 3.16. The van der Waals surface area contributed by atoms with Crippen LogP contribution in [0.2, 0.25) is 0 Å². The SMILES string of the molecule is N[C@@H](Cc1cnc[nH]1)C(=O)O.[H-].[Na+]. The fraction of sp³-hybridized carbons (Fsp3) is 0.333. The number of aromatic amines is 1. The molecule has 1 aromatic heterocycles. The summed E-state index contributed by atoms with van der Waals surface area (Å²) in [6, 6.07) is -0.851. The van der Waals surface area contributed by atoms with E-state index in [4.69, 9.17) is 10.8 Å². The number of imidazole rings is 1. The van der Waals surface area contributed by atoms with Crippen LogP contribution in [-0.4, -0.2) is 27.1 Å². The Morgan fingerprint density at radius 1 is 1.92 bits per heavy atom. The quantitative estimate of drug-likeness (QED) is 0.419. The number of nitrogens with zero attached hydrogens (tertiary/aromatic N) is 1. The normalized spacial score (nSPS) is 11.8. The third-order valence-corrected chi connectivity index (χ3v) is 1.31. The van der Waals surface area contributed by atoms with E-state index in [1.54, 1.807) is 6.20 Å². The molecule has 1 aromatic rings. The number of hydrogen-bond acceptors (Lipinski definition) is 3. The molecule has 1 atom stereocenters. The molecule has 0 amide bonds. The molecule has 1 rings (SSSR count). The van der Waals surface area contributed by atoms with E-state index in [0.717, 1.165) is 5.69 Å². The van der Waals surface area contributed by atoms with Crippen LogP contribution in [0.4, 0.5) is 0 Å². The van der Waals surface area contributed by atoms with E-state index < -0.39 is 12.0 Å². The number of nitrogens with two attached hydrogens (primary N) is 1. The number of aromatic nitrogens is 2. The smallest absolute Gasteiger partial charge is 1.00 e. The van der Waals surface area contributed by atoms with Crippen molar-refractivity contribution in [2.45, 2.75) is 12.5 Å². The summed E-state index contributed by atoms with van der Waals surface area (Å²) in [5.41, 5.74) is 6.00. The molecular formula is C6H10N3NaO2. The van der Waals surface area contributed by atoms with Gasteiger partial charge in [0, 0.05) is 18.3 Å². The first kappa shape index (κ1) is 11.6. The van der Waals surface area contributed by atoms with Gasteiger partial charge in [-0.05, 0) is 0 Å². The molecule has 0 saturated heterocycles. The molecule has 62 valence electrons. The molecule has 0 saturated carbocycles. The van der Waals surface area contributed by atoms with Crippen molar-refractivity contribution in [2.75, 3.05) is 0 Å². The van der Waals surface area contributed by atoms with Crippen molar-refractivity contribution >= 4 is 5.97 Å². The summed E-state index contributed by atoms with van der Waals surface area (Å²) in [5, 5.41) is 8.42. The zero-order valence-electron chi connectivity index (χ0n) is 7.82. The number of carboxylic acids is 1. The molecule has 0 aliphatic carbocycles. The minimum Gasteiger partial charge on any atom is -1.00 e. The molecule has 12 heavy (non-hydrogen) atoms. The summed E-state index contributed by atoms with van der Waals surface area (Å²) in [6.45, 7) is 0. The van der Waals surface area contributed by atoms with Crippen LogP contribution >= 0.6 is 0 Å². The van der Waals surface area contributed by atoms with Gasteiger partial charge in [-0.1, -0.05) is 0 Å². The first-order chi connectivity index (χ1) is 5.20. The van der Waals surface area contributed by atoms with E-state index in [1.807, 2.05) is 0 Å². The number of nitrogens with one attached hydrogen (secondary N) is 1. The number of H-pyrrole nitrogens is 1. The number of carbonyl (C=O) groups is 1. The van der Waals surface area contributed by atoms with Gasteiger partial charge in [0.05, 0.1) is 6.33 Å². The Morgan fingerprint density at radius 2 is 2.58 bits per heavy atom. The topological polar surface area (TPSA) is 92.0 Å². The van der Waals surface area contributed by atoms with Gasteiger partial charge in [0.15, 0.2) is 0 Å². The Kier molecular flexibility index (Phi) is 5.16. The summed E-state index contributed by atoms with van der Waals surface area (Å²) in [5.74, 6) is -1.00. The van der Waals surface area contributed by atoms with E-state index in [-0.39, 0.29) is 37.4 Å². The van der Waals surface area contributed by atoms with Crippen LogP contribution in [0.1, 0.15) is 7.12 Å². The molecule has 0 bridgehead atoms. The minimum atomic E-state index is -1.00. The molecule has 0 radical (unpaired) electrons. The largest absolute Gasteiger partial charge is 1.00 e. The van der Waals surface area contributed by atoms with Crippen LogP contribution in [0.25, 0.3) is 0 Å². The maximum absolute atomic E-state index is 10.3. The molecule has 0 spiro atoms. The molecular weight excluding hydrogens is 169 g/mol. The van der Waals surface area contributed by atoms with Crippen molar-refractivity contribution in [1.82, 2.24) is 9.97 Å². The molecule has 0 fully saturated rings. The van der Waals surface area contributed by atoms with Crippen LogP contribution in [0, 0.1) is 0 Å². The first-order valence-corrected chi connectivity index (χ1v) is 3.16. The fourth-order valence-corrected chi connectivity index (χ4v) is 0.721. The second-order valence-corrected chi connectivity index (χ2v) is 2.23. The van der Waals surface area contributed by atoms with Crippen LogP contribution < -0.4 is 35.3 Å². The van der Waals surface area contributed by atoms with Crippen LogP contribution in [0.15, 0.2) is 12.5 Å². The average Bonchev–Trinajstić information content (AvgIpc) is 2.39. The molecule has 5 nitrogen and oxygen atoms in total. The Hall–Kier alpha value is -0.360. The standard InChI is InChI=1S/C6H9N3O2.Na.H/c7-5(6(10)11)1-4-2-8-3-9-4;;/h2-3,5H,1,7H2,(H,8,9)(H,10,11);;/q;+1;-1/t5-;;/m0../s1. The Balaban J connectivity index is 0. The maximum Gasteiger partial charge on any atom is 1.00 e. The van der Waals surface area contributed by atoms with Gasteiger partial charge in [0.25, 0.3) is 0 Å². The molecule has 0 aliphatic heterocycles. The van der Waals surface area contributed by atoms with Gasteiger partial charge < -0.3 is 17.3 Å². The van der Waals surface area contributed by atoms with Crippen molar-refractivity contribution in [1.29, 1.82) is 0 Å². The summed E-state index contributed by atoms with van der Waals surface area (Å²) in [6.07, 6.45) is 3.34. The van der Waals surface area contributed by atoms with Crippen molar-refractivity contribution < 1.29 is 40.9 Å². The minimum absolute atomic E-state index is 0. The Morgan fingerprint density at radius 3 is 3.00 bits per heavy atom. The summed E-state index contributed by atoms with van der Waals surface area (Å²) in [7, 11) is 0. The average molecular weight is 179 g/mol. The van der Waals surface area contributed by atoms with Crippen molar-refractivity contribution in [3.8, 4) is 0 Å². The number of rotatable bonds is 3. The van der Waals surface area contributed by atoms with Gasteiger partial charge in [-0.3, -0.25) is 4.79 Å². The second-order valence-electron chi connectivity index (χ2n) is 2.23. The van der Waals surface area contributed by atoms with E-state index in [9.17, 15) is 4.79 Å². The Labute approximate surface area is 93.1 Å². The van der Waals surface area contributed by atoms with Crippen LogP contribution in [-0.2, 0) is 11.2 Å². The van der Waals surface area contributed by atoms with E-state index in [1.165, 1.54) is 6.33 Å². The third kappa shape index (κ3) is 3.36. The zero-order chi connectivity index (χ0) is 8.27. The van der Waals surface area contributed by atoms with Gasteiger partial charge in [0.1, 0.15) is 6.04 Å². The number of hydrogen-bond donors (Lipinski definition) is 3. The van der Waals surface area contributed by atoms with Crippen LogP contribution in [0.5, 0.6) is 0 Å². The van der Waals surface area contributed by atoms with E-state index >= 15 is 0 Å². The molecule has 1 heterocycles. The molecule has 0 aromatic carbocycles. The van der Waals surface area contributed by atoms with Gasteiger partial charge in [-0.15, -0.1) is 0 Å². The zero-order valence-corrected chi connectivity index (χ0v) is 8.82. The molecule has 0 aliphatic rings. The molecule has 0 unspecified atom stereocenters. The summed E-state index contributed by atoms with van der Waals surface area (Å²) in [4.78, 5) is 16.8. The van der Waals surface area contributed by atoms with Crippen molar-refractivity contribution in [2.24, 2.45) is 5.73 Å². The van der Waals surface area contributed by atoms with E-state index in [0.29, 0.717) is 0 Å². The monoisotopic (exact) mass is 179 g/mol. The van der Waals surface area contributed by atoms with Gasteiger partial charge >= 0.3 is 35.5 Å². The molecule has 4 N–H and O–H groups in total. The molecule has 6 heteroatoms. The van der Waals surface area contributed by atoms with Gasteiger partial charge in [-0.2, -0.15) is 0 Å². The van der Waals surface area contributed by atoms with Crippen LogP contribution in [0.3, 0.4) is 0 Å². The fourth-order valence-electron chi connectivity index (χ4n) is 0.721. The predicted molar refractivity (Wildman–Crippen MR) is 39.0 cm³/mol. The third-order valence-electron chi connectivity index (χ3n) is 1.31. The van der Waals surface area contributed by atoms with Crippen molar-refractivity contribution in [3.63, 3.8) is 0 Å². The maximum atomic E-state index is 10.3. The second kappa shape index (κ2) is 5.31. The Bertz CT molecular complexity index is 242. The van der Waals surface area contributed by atoms with Gasteiger partial charge in [0.2, 0.25) is 0 Å². The number of aliphatic carboxylic acids is 1. The van der Waals surface area contributed by atoms with Gasteiger partial charge in [-0.25, -0.2) is 4.98 Å². The van der Waals surface area contributed by atoms with E-state index in [2.05, 4.69) is 9.97 Å². The van der Waals surface area contributed by atoms with Crippen molar-refractivity contribution in [3.05, 3.63) is 18.2 Å². The number of carboxylic acid groups (broad SMARTS) is 1.